The Bertz CT molecular complexity index is 724. The van der Waals surface area contributed by atoms with Gasteiger partial charge in [-0.25, -0.2) is 4.98 Å². The molecule has 1 aliphatic heterocycles. The molecule has 2 aromatic heterocycles. The van der Waals surface area contributed by atoms with E-state index in [4.69, 9.17) is 0 Å². The summed E-state index contributed by atoms with van der Waals surface area (Å²) in [4.78, 5) is 34.3. The van der Waals surface area contributed by atoms with Crippen LogP contribution < -0.4 is 5.32 Å². The Morgan fingerprint density at radius 3 is 3.04 bits per heavy atom. The number of aromatic nitrogens is 3. The molecule has 1 atom stereocenters. The smallest absolute Gasteiger partial charge is 0.225 e. The highest BCUT2D eigenvalue weighted by atomic mass is 16.2. The number of nitrogens with zero attached hydrogens (tertiary/aromatic N) is 4. The quantitative estimate of drug-likeness (QED) is 0.912. The van der Waals surface area contributed by atoms with Crippen LogP contribution in [-0.2, 0) is 16.1 Å². The SMILES string of the molecule is CC(C)N1C[C@@H](C(=O)NCc2cnc3cnccn23)CCC1=O. The number of rotatable bonds is 4. The van der Waals surface area contributed by atoms with Gasteiger partial charge in [-0.15, -0.1) is 0 Å². The molecule has 2 aromatic rings. The maximum Gasteiger partial charge on any atom is 0.225 e. The van der Waals surface area contributed by atoms with Gasteiger partial charge in [0.1, 0.15) is 0 Å². The average molecular weight is 315 g/mol. The van der Waals surface area contributed by atoms with E-state index in [9.17, 15) is 9.59 Å². The Labute approximate surface area is 134 Å². The van der Waals surface area contributed by atoms with Gasteiger partial charge in [-0.3, -0.25) is 19.0 Å². The maximum atomic E-state index is 12.4. The van der Waals surface area contributed by atoms with E-state index in [1.54, 1.807) is 23.5 Å². The molecule has 0 unspecified atom stereocenters. The van der Waals surface area contributed by atoms with Crippen LogP contribution in [0.4, 0.5) is 0 Å². The summed E-state index contributed by atoms with van der Waals surface area (Å²) >= 11 is 0. The third-order valence-corrected chi connectivity index (χ3v) is 4.28. The van der Waals surface area contributed by atoms with Gasteiger partial charge >= 0.3 is 0 Å². The van der Waals surface area contributed by atoms with Crippen molar-refractivity contribution in [2.45, 2.75) is 39.3 Å². The van der Waals surface area contributed by atoms with Crippen molar-refractivity contribution in [3.63, 3.8) is 0 Å². The topological polar surface area (TPSA) is 79.6 Å². The van der Waals surface area contributed by atoms with Crippen LogP contribution in [0.2, 0.25) is 0 Å². The van der Waals surface area contributed by atoms with E-state index < -0.39 is 0 Å². The van der Waals surface area contributed by atoms with Gasteiger partial charge < -0.3 is 10.2 Å². The molecule has 7 heteroatoms. The van der Waals surface area contributed by atoms with Crippen LogP contribution in [0.15, 0.2) is 24.8 Å². The molecular weight excluding hydrogens is 294 g/mol. The summed E-state index contributed by atoms with van der Waals surface area (Å²) in [6, 6.07) is 0.129. The van der Waals surface area contributed by atoms with Crippen molar-refractivity contribution in [2.75, 3.05) is 6.54 Å². The van der Waals surface area contributed by atoms with Gasteiger partial charge in [-0.1, -0.05) is 0 Å². The van der Waals surface area contributed by atoms with Crippen molar-refractivity contribution < 1.29 is 9.59 Å². The number of fused-ring (bicyclic) bond motifs is 1. The van der Waals surface area contributed by atoms with Crippen LogP contribution in [-0.4, -0.2) is 43.7 Å². The molecule has 122 valence electrons. The highest BCUT2D eigenvalue weighted by Crippen LogP contribution is 2.20. The molecule has 0 bridgehead atoms. The van der Waals surface area contributed by atoms with E-state index in [1.165, 1.54) is 0 Å². The van der Waals surface area contributed by atoms with Crippen LogP contribution >= 0.6 is 0 Å². The predicted molar refractivity (Wildman–Crippen MR) is 84.4 cm³/mol. The number of hydrogen-bond acceptors (Lipinski definition) is 4. The highest BCUT2D eigenvalue weighted by molar-refractivity contribution is 5.83. The molecule has 3 rings (SSSR count). The maximum absolute atomic E-state index is 12.4. The first-order chi connectivity index (χ1) is 11.1. The molecule has 0 saturated carbocycles. The summed E-state index contributed by atoms with van der Waals surface area (Å²) in [5.41, 5.74) is 1.66. The fourth-order valence-electron chi connectivity index (χ4n) is 2.93. The fourth-order valence-corrected chi connectivity index (χ4v) is 2.93. The second-order valence-corrected chi connectivity index (χ2v) is 6.15. The van der Waals surface area contributed by atoms with Gasteiger partial charge in [0.2, 0.25) is 11.8 Å². The summed E-state index contributed by atoms with van der Waals surface area (Å²) in [5.74, 6) is -0.0126. The number of amides is 2. The zero-order valence-corrected chi connectivity index (χ0v) is 13.4. The Balaban J connectivity index is 1.62. The van der Waals surface area contributed by atoms with Gasteiger partial charge in [0.15, 0.2) is 5.65 Å². The number of nitrogens with one attached hydrogen (secondary N) is 1. The normalized spacial score (nSPS) is 18.7. The van der Waals surface area contributed by atoms with Crippen LogP contribution in [0.1, 0.15) is 32.4 Å². The Morgan fingerprint density at radius 2 is 2.26 bits per heavy atom. The van der Waals surface area contributed by atoms with Crippen molar-refractivity contribution in [2.24, 2.45) is 5.92 Å². The lowest BCUT2D eigenvalue weighted by Crippen LogP contribution is -2.48. The molecule has 3 heterocycles. The number of carbonyl (C=O) groups excluding carboxylic acids is 2. The molecule has 0 aliphatic carbocycles. The zero-order chi connectivity index (χ0) is 16.4. The fraction of sp³-hybridized carbons (Fsp3) is 0.500. The Morgan fingerprint density at radius 1 is 1.43 bits per heavy atom. The molecule has 1 N–H and O–H groups in total. The van der Waals surface area contributed by atoms with Crippen molar-refractivity contribution >= 4 is 17.5 Å². The molecule has 0 aromatic carbocycles. The molecule has 0 radical (unpaired) electrons. The van der Waals surface area contributed by atoms with E-state index in [0.29, 0.717) is 25.9 Å². The molecule has 23 heavy (non-hydrogen) atoms. The minimum absolute atomic E-state index is 0.00726. The minimum Gasteiger partial charge on any atom is -0.350 e. The number of carbonyl (C=O) groups is 2. The van der Waals surface area contributed by atoms with Crippen molar-refractivity contribution in [3.8, 4) is 0 Å². The molecule has 1 saturated heterocycles. The zero-order valence-electron chi connectivity index (χ0n) is 13.4. The monoisotopic (exact) mass is 315 g/mol. The lowest BCUT2D eigenvalue weighted by atomic mass is 9.95. The highest BCUT2D eigenvalue weighted by Gasteiger charge is 2.31. The van der Waals surface area contributed by atoms with E-state index in [-0.39, 0.29) is 23.8 Å². The molecule has 2 amide bonds. The second-order valence-electron chi connectivity index (χ2n) is 6.15. The standard InChI is InChI=1S/C16H21N5O2/c1-11(2)21-10-12(3-4-15(21)22)16(23)19-8-13-7-18-14-9-17-5-6-20(13)14/h5-7,9,11-12H,3-4,8,10H2,1-2H3,(H,19,23)/t12-/m0/s1. The van der Waals surface area contributed by atoms with Gasteiger partial charge in [0, 0.05) is 31.4 Å². The summed E-state index contributed by atoms with van der Waals surface area (Å²) in [7, 11) is 0. The first-order valence-corrected chi connectivity index (χ1v) is 7.89. The van der Waals surface area contributed by atoms with Crippen molar-refractivity contribution in [1.82, 2.24) is 24.6 Å². The van der Waals surface area contributed by atoms with Crippen molar-refractivity contribution in [3.05, 3.63) is 30.5 Å². The summed E-state index contributed by atoms with van der Waals surface area (Å²) in [6.45, 7) is 4.87. The van der Waals surface area contributed by atoms with Gasteiger partial charge in [0.25, 0.3) is 0 Å². The molecule has 0 spiro atoms. The third-order valence-electron chi connectivity index (χ3n) is 4.28. The van der Waals surface area contributed by atoms with Crippen LogP contribution in [0.25, 0.3) is 5.65 Å². The van der Waals surface area contributed by atoms with Gasteiger partial charge in [0.05, 0.1) is 30.6 Å². The number of imidazole rings is 1. The second kappa shape index (κ2) is 6.36. The first-order valence-electron chi connectivity index (χ1n) is 7.89. The van der Waals surface area contributed by atoms with E-state index in [2.05, 4.69) is 15.3 Å². The molecule has 1 fully saturated rings. The molecular formula is C16H21N5O2. The van der Waals surface area contributed by atoms with E-state index in [1.807, 2.05) is 24.4 Å². The number of likely N-dealkylation sites (tertiary alicyclic amines) is 1. The van der Waals surface area contributed by atoms with Gasteiger partial charge in [-0.2, -0.15) is 0 Å². The third kappa shape index (κ3) is 3.18. The average Bonchev–Trinajstić information content (AvgIpc) is 2.96. The van der Waals surface area contributed by atoms with E-state index >= 15 is 0 Å². The summed E-state index contributed by atoms with van der Waals surface area (Å²) in [6.07, 6.45) is 7.99. The van der Waals surface area contributed by atoms with Gasteiger partial charge in [-0.05, 0) is 20.3 Å². The summed E-state index contributed by atoms with van der Waals surface area (Å²) in [5, 5.41) is 2.96. The summed E-state index contributed by atoms with van der Waals surface area (Å²) < 4.78 is 1.90. The lowest BCUT2D eigenvalue weighted by molar-refractivity contribution is -0.140. The first kappa shape index (κ1) is 15.5. The molecule has 1 aliphatic rings. The van der Waals surface area contributed by atoms with Crippen LogP contribution in [0.5, 0.6) is 0 Å². The van der Waals surface area contributed by atoms with Crippen molar-refractivity contribution in [1.29, 1.82) is 0 Å². The predicted octanol–water partition coefficient (Wildman–Crippen LogP) is 0.992. The Kier molecular flexibility index (Phi) is 4.27. The lowest BCUT2D eigenvalue weighted by Gasteiger charge is -2.34. The van der Waals surface area contributed by atoms with Crippen LogP contribution in [0.3, 0.4) is 0 Å². The number of hydrogen-bond donors (Lipinski definition) is 1. The molecule has 7 nitrogen and oxygen atoms in total. The minimum atomic E-state index is -0.143. The van der Waals surface area contributed by atoms with Crippen LogP contribution in [0, 0.1) is 5.92 Å². The Hall–Kier alpha value is -2.44. The largest absolute Gasteiger partial charge is 0.350 e. The van der Waals surface area contributed by atoms with E-state index in [0.717, 1.165) is 11.3 Å². The number of piperidine rings is 1.